The fourth-order valence-electron chi connectivity index (χ4n) is 1.85. The average molecular weight is 290 g/mol. The maximum atomic E-state index is 12.6. The molecule has 1 aromatic carbocycles. The number of rotatable bonds is 2. The van der Waals surface area contributed by atoms with Crippen LogP contribution in [-0.4, -0.2) is 0 Å². The first-order valence-corrected chi connectivity index (χ1v) is 5.85. The van der Waals surface area contributed by atoms with Crippen LogP contribution in [0.3, 0.4) is 0 Å². The minimum absolute atomic E-state index is 0.190. The summed E-state index contributed by atoms with van der Waals surface area (Å²) in [6, 6.07) is 5.93. The average Bonchev–Trinajstić information content (AvgIpc) is 2.73. The van der Waals surface area contributed by atoms with Gasteiger partial charge in [0.1, 0.15) is 5.76 Å². The molecule has 1 unspecified atom stereocenters. The van der Waals surface area contributed by atoms with Gasteiger partial charge in [-0.05, 0) is 53.9 Å². The van der Waals surface area contributed by atoms with E-state index in [-0.39, 0.29) is 5.22 Å². The van der Waals surface area contributed by atoms with Gasteiger partial charge in [0, 0.05) is 0 Å². The van der Waals surface area contributed by atoms with Gasteiger partial charge in [-0.3, -0.25) is 0 Å². The monoisotopic (exact) mass is 289 g/mol. The Kier molecular flexibility index (Phi) is 3.60. The van der Waals surface area contributed by atoms with Crippen molar-refractivity contribution in [2.75, 3.05) is 0 Å². The molecular formula is C13H11ClF3NO. The number of furan rings is 1. The predicted molar refractivity (Wildman–Crippen MR) is 65.9 cm³/mol. The van der Waals surface area contributed by atoms with E-state index in [1.54, 1.807) is 13.0 Å². The Morgan fingerprint density at radius 2 is 1.89 bits per heavy atom. The van der Waals surface area contributed by atoms with Crippen molar-refractivity contribution in [1.29, 1.82) is 0 Å². The van der Waals surface area contributed by atoms with Crippen LogP contribution < -0.4 is 5.73 Å². The summed E-state index contributed by atoms with van der Waals surface area (Å²) in [5, 5.41) is 0.190. The van der Waals surface area contributed by atoms with Crippen molar-refractivity contribution >= 4 is 11.6 Å². The Balaban J connectivity index is 2.36. The van der Waals surface area contributed by atoms with Crippen LogP contribution in [0.5, 0.6) is 0 Å². The van der Waals surface area contributed by atoms with Crippen molar-refractivity contribution in [3.8, 4) is 0 Å². The van der Waals surface area contributed by atoms with E-state index in [1.807, 2.05) is 0 Å². The summed E-state index contributed by atoms with van der Waals surface area (Å²) in [7, 11) is 0. The van der Waals surface area contributed by atoms with Gasteiger partial charge in [-0.15, -0.1) is 0 Å². The van der Waals surface area contributed by atoms with Crippen LogP contribution in [0, 0.1) is 6.92 Å². The predicted octanol–water partition coefficient (Wildman–Crippen LogP) is 4.31. The van der Waals surface area contributed by atoms with Gasteiger partial charge in [0.25, 0.3) is 0 Å². The molecular weight excluding hydrogens is 279 g/mol. The van der Waals surface area contributed by atoms with Crippen LogP contribution in [0.2, 0.25) is 5.22 Å². The molecule has 19 heavy (non-hydrogen) atoms. The van der Waals surface area contributed by atoms with Gasteiger partial charge in [-0.25, -0.2) is 0 Å². The molecule has 0 radical (unpaired) electrons. The van der Waals surface area contributed by atoms with Gasteiger partial charge in [-0.2, -0.15) is 13.2 Å². The highest BCUT2D eigenvalue weighted by atomic mass is 35.5. The van der Waals surface area contributed by atoms with Crippen molar-refractivity contribution < 1.29 is 17.6 Å². The molecule has 1 atom stereocenters. The first kappa shape index (κ1) is 14.0. The van der Waals surface area contributed by atoms with Gasteiger partial charge in [0.15, 0.2) is 5.22 Å². The van der Waals surface area contributed by atoms with E-state index >= 15 is 0 Å². The summed E-state index contributed by atoms with van der Waals surface area (Å²) in [6.45, 7) is 1.58. The first-order valence-electron chi connectivity index (χ1n) is 5.47. The topological polar surface area (TPSA) is 39.2 Å². The summed E-state index contributed by atoms with van der Waals surface area (Å²) in [6.07, 6.45) is -4.36. The summed E-state index contributed by atoms with van der Waals surface area (Å²) < 4.78 is 42.8. The van der Waals surface area contributed by atoms with E-state index in [2.05, 4.69) is 0 Å². The second kappa shape index (κ2) is 4.90. The molecule has 0 aliphatic heterocycles. The van der Waals surface area contributed by atoms with Crippen LogP contribution in [0.4, 0.5) is 13.2 Å². The third-order valence-corrected chi connectivity index (χ3v) is 3.04. The Hall–Kier alpha value is -1.46. The number of alkyl halides is 3. The normalized spacial score (nSPS) is 13.6. The fourth-order valence-corrected chi connectivity index (χ4v) is 2.00. The Bertz CT molecular complexity index is 592. The molecule has 0 saturated heterocycles. The van der Waals surface area contributed by atoms with Gasteiger partial charge in [0.2, 0.25) is 0 Å². The minimum Gasteiger partial charge on any atom is -0.448 e. The summed E-state index contributed by atoms with van der Waals surface area (Å²) in [5.74, 6) is 0.410. The van der Waals surface area contributed by atoms with Crippen LogP contribution in [-0.2, 0) is 6.18 Å². The highest BCUT2D eigenvalue weighted by Gasteiger charge is 2.31. The minimum atomic E-state index is -4.36. The van der Waals surface area contributed by atoms with Crippen LogP contribution in [0.15, 0.2) is 34.7 Å². The summed E-state index contributed by atoms with van der Waals surface area (Å²) >= 11 is 5.65. The van der Waals surface area contributed by atoms with E-state index < -0.39 is 17.8 Å². The third kappa shape index (κ3) is 2.93. The van der Waals surface area contributed by atoms with Crippen molar-refractivity contribution in [3.05, 3.63) is 58.0 Å². The second-order valence-electron chi connectivity index (χ2n) is 4.19. The highest BCUT2D eigenvalue weighted by Crippen LogP contribution is 2.33. The molecule has 0 amide bonds. The van der Waals surface area contributed by atoms with Crippen molar-refractivity contribution in [2.45, 2.75) is 19.1 Å². The molecule has 2 N–H and O–H groups in total. The van der Waals surface area contributed by atoms with Gasteiger partial charge in [0.05, 0.1) is 11.6 Å². The van der Waals surface area contributed by atoms with Gasteiger partial charge in [-0.1, -0.05) is 6.07 Å². The lowest BCUT2D eigenvalue weighted by atomic mass is 9.98. The second-order valence-corrected chi connectivity index (χ2v) is 4.56. The molecule has 0 fully saturated rings. The van der Waals surface area contributed by atoms with Gasteiger partial charge >= 0.3 is 6.18 Å². The molecule has 0 saturated carbocycles. The Morgan fingerprint density at radius 1 is 1.21 bits per heavy atom. The molecule has 0 aliphatic rings. The van der Waals surface area contributed by atoms with E-state index in [4.69, 9.17) is 21.8 Å². The number of hydrogen-bond donors (Lipinski definition) is 1. The molecule has 1 aromatic heterocycles. The Morgan fingerprint density at radius 3 is 2.37 bits per heavy atom. The SMILES string of the molecule is Cc1cc(C(F)(F)F)ccc1C(N)c1ccc(Cl)o1. The van der Waals surface area contributed by atoms with Gasteiger partial charge < -0.3 is 10.2 Å². The quantitative estimate of drug-likeness (QED) is 0.895. The highest BCUT2D eigenvalue weighted by molar-refractivity contribution is 6.28. The molecule has 2 aromatic rings. The molecule has 2 nitrogen and oxygen atoms in total. The maximum Gasteiger partial charge on any atom is 0.416 e. The lowest BCUT2D eigenvalue weighted by Crippen LogP contribution is -2.14. The van der Waals surface area contributed by atoms with Crippen molar-refractivity contribution in [2.24, 2.45) is 5.73 Å². The van der Waals surface area contributed by atoms with Crippen LogP contribution in [0.25, 0.3) is 0 Å². The van der Waals surface area contributed by atoms with E-state index in [9.17, 15) is 13.2 Å². The lowest BCUT2D eigenvalue weighted by molar-refractivity contribution is -0.137. The lowest BCUT2D eigenvalue weighted by Gasteiger charge is -2.15. The maximum absolute atomic E-state index is 12.6. The number of benzene rings is 1. The molecule has 1 heterocycles. The smallest absolute Gasteiger partial charge is 0.416 e. The number of hydrogen-bond acceptors (Lipinski definition) is 2. The molecule has 102 valence electrons. The zero-order valence-electron chi connectivity index (χ0n) is 9.96. The molecule has 0 aliphatic carbocycles. The molecule has 0 bridgehead atoms. The summed E-state index contributed by atoms with van der Waals surface area (Å²) in [4.78, 5) is 0. The van der Waals surface area contributed by atoms with Crippen molar-refractivity contribution in [1.82, 2.24) is 0 Å². The van der Waals surface area contributed by atoms with Crippen LogP contribution in [0.1, 0.15) is 28.5 Å². The first-order chi connectivity index (χ1) is 8.79. The zero-order valence-corrected chi connectivity index (χ0v) is 10.7. The van der Waals surface area contributed by atoms with Crippen molar-refractivity contribution in [3.63, 3.8) is 0 Å². The standard InChI is InChI=1S/C13H11ClF3NO/c1-7-6-8(13(15,16)17)2-3-9(7)12(18)10-4-5-11(14)19-10/h2-6,12H,18H2,1H3. The fraction of sp³-hybridized carbons (Fsp3) is 0.231. The number of aryl methyl sites for hydroxylation is 1. The number of halogens is 4. The van der Waals surface area contributed by atoms with E-state index in [1.165, 1.54) is 12.1 Å². The molecule has 6 heteroatoms. The molecule has 0 spiro atoms. The Labute approximate surface area is 113 Å². The largest absolute Gasteiger partial charge is 0.448 e. The zero-order chi connectivity index (χ0) is 14.2. The van der Waals surface area contributed by atoms with E-state index in [0.29, 0.717) is 16.9 Å². The number of nitrogens with two attached hydrogens (primary N) is 1. The summed E-state index contributed by atoms with van der Waals surface area (Å²) in [5.41, 5.74) is 6.28. The third-order valence-electron chi connectivity index (χ3n) is 2.83. The van der Waals surface area contributed by atoms with Crippen LogP contribution >= 0.6 is 11.6 Å². The van der Waals surface area contributed by atoms with E-state index in [0.717, 1.165) is 12.1 Å². The molecule has 2 rings (SSSR count).